The molecule has 0 aliphatic heterocycles. The summed E-state index contributed by atoms with van der Waals surface area (Å²) in [6, 6.07) is 9.08. The Morgan fingerprint density at radius 3 is 2.76 bits per heavy atom. The van der Waals surface area contributed by atoms with Crippen LogP contribution in [-0.2, 0) is 11.2 Å². The lowest BCUT2D eigenvalue weighted by atomic mass is 10.2. The van der Waals surface area contributed by atoms with Crippen LogP contribution in [0.5, 0.6) is 0 Å². The highest BCUT2D eigenvalue weighted by atomic mass is 16.1. The number of ketones is 1. The first-order valence-electron chi connectivity index (χ1n) is 5.43. The quantitative estimate of drug-likeness (QED) is 0.870. The van der Waals surface area contributed by atoms with E-state index in [1.165, 1.54) is 17.7 Å². The summed E-state index contributed by atoms with van der Waals surface area (Å²) in [5.74, 6) is 0.0302. The largest absolute Gasteiger partial charge is 0.300 e. The van der Waals surface area contributed by atoms with Crippen molar-refractivity contribution in [3.63, 3.8) is 0 Å². The van der Waals surface area contributed by atoms with Crippen LogP contribution >= 0.6 is 0 Å². The number of nitrogens with one attached hydrogen (secondary N) is 1. The molecule has 2 rings (SSSR count). The van der Waals surface area contributed by atoms with E-state index >= 15 is 0 Å². The number of benzene rings is 1. The van der Waals surface area contributed by atoms with Gasteiger partial charge in [-0.25, -0.2) is 4.68 Å². The summed E-state index contributed by atoms with van der Waals surface area (Å²) in [5.41, 5.74) is 2.36. The molecule has 4 nitrogen and oxygen atoms in total. The zero-order chi connectivity index (χ0) is 12.4. The molecule has 0 fully saturated rings. The van der Waals surface area contributed by atoms with Crippen LogP contribution < -0.4 is 5.56 Å². The number of hydrogen-bond donors (Lipinski definition) is 1. The lowest BCUT2D eigenvalue weighted by Crippen LogP contribution is -2.13. The van der Waals surface area contributed by atoms with E-state index in [0.29, 0.717) is 5.69 Å². The SMILES string of the molecule is CC(=O)Cc1cc(=O)n(-c2cccc(C)c2)[nH]1. The number of rotatable bonds is 3. The second-order valence-electron chi connectivity index (χ2n) is 4.17. The predicted octanol–water partition coefficient (Wildman–Crippen LogP) is 1.61. The highest BCUT2D eigenvalue weighted by Crippen LogP contribution is 2.07. The topological polar surface area (TPSA) is 54.9 Å². The Bertz CT molecular complexity index is 608. The van der Waals surface area contributed by atoms with Crippen molar-refractivity contribution in [2.24, 2.45) is 0 Å². The molecule has 0 spiro atoms. The normalized spacial score (nSPS) is 10.5. The van der Waals surface area contributed by atoms with Crippen LogP contribution in [0.3, 0.4) is 0 Å². The number of aryl methyl sites for hydroxylation is 1. The average molecular weight is 230 g/mol. The minimum absolute atomic E-state index is 0.0302. The number of aromatic amines is 1. The van der Waals surface area contributed by atoms with Crippen LogP contribution in [0.2, 0.25) is 0 Å². The lowest BCUT2D eigenvalue weighted by molar-refractivity contribution is -0.116. The number of Topliss-reactive ketones (excluding diaryl/α,β-unsaturated/α-hetero) is 1. The van der Waals surface area contributed by atoms with Gasteiger partial charge in [0.05, 0.1) is 5.69 Å². The fraction of sp³-hybridized carbons (Fsp3) is 0.231. The third-order valence-electron chi connectivity index (χ3n) is 2.47. The zero-order valence-electron chi connectivity index (χ0n) is 9.86. The number of carbonyl (C=O) groups is 1. The van der Waals surface area contributed by atoms with E-state index < -0.39 is 0 Å². The number of H-pyrrole nitrogens is 1. The summed E-state index contributed by atoms with van der Waals surface area (Å²) in [7, 11) is 0. The molecule has 1 aromatic carbocycles. The minimum Gasteiger partial charge on any atom is -0.300 e. The Morgan fingerprint density at radius 1 is 1.35 bits per heavy atom. The molecule has 0 atom stereocenters. The van der Waals surface area contributed by atoms with Gasteiger partial charge in [0.2, 0.25) is 0 Å². The van der Waals surface area contributed by atoms with Gasteiger partial charge in [0.15, 0.2) is 0 Å². The van der Waals surface area contributed by atoms with Crippen LogP contribution in [0.15, 0.2) is 35.1 Å². The molecule has 2 aromatic rings. The molecule has 0 saturated heterocycles. The molecule has 0 radical (unpaired) electrons. The summed E-state index contributed by atoms with van der Waals surface area (Å²) >= 11 is 0. The molecular formula is C13H14N2O2. The minimum atomic E-state index is -0.146. The number of nitrogens with zero attached hydrogens (tertiary/aromatic N) is 1. The molecule has 0 amide bonds. The van der Waals surface area contributed by atoms with E-state index in [1.807, 2.05) is 31.2 Å². The molecule has 0 aliphatic rings. The molecule has 0 bridgehead atoms. The molecule has 0 aliphatic carbocycles. The molecule has 4 heteroatoms. The first kappa shape index (κ1) is 11.4. The van der Waals surface area contributed by atoms with Crippen molar-refractivity contribution in [3.05, 3.63) is 51.9 Å². The van der Waals surface area contributed by atoms with E-state index in [1.54, 1.807) is 0 Å². The van der Waals surface area contributed by atoms with Gasteiger partial charge in [0, 0.05) is 18.2 Å². The Labute approximate surface area is 98.9 Å². The van der Waals surface area contributed by atoms with Gasteiger partial charge in [-0.05, 0) is 31.5 Å². The summed E-state index contributed by atoms with van der Waals surface area (Å²) in [5, 5.41) is 2.94. The maximum Gasteiger partial charge on any atom is 0.271 e. The second-order valence-corrected chi connectivity index (χ2v) is 4.17. The van der Waals surface area contributed by atoms with E-state index in [9.17, 15) is 9.59 Å². The lowest BCUT2D eigenvalue weighted by Gasteiger charge is -2.02. The fourth-order valence-corrected chi connectivity index (χ4v) is 1.76. The van der Waals surface area contributed by atoms with Crippen LogP contribution in [0.25, 0.3) is 5.69 Å². The third kappa shape index (κ3) is 2.53. The van der Waals surface area contributed by atoms with Crippen LogP contribution in [-0.4, -0.2) is 15.6 Å². The second kappa shape index (κ2) is 4.41. The van der Waals surface area contributed by atoms with E-state index in [-0.39, 0.29) is 17.8 Å². The van der Waals surface area contributed by atoms with Gasteiger partial charge in [0.1, 0.15) is 5.78 Å². The third-order valence-corrected chi connectivity index (χ3v) is 2.47. The van der Waals surface area contributed by atoms with Crippen molar-refractivity contribution < 1.29 is 4.79 Å². The Kier molecular flexibility index (Phi) is 2.95. The van der Waals surface area contributed by atoms with Gasteiger partial charge in [-0.1, -0.05) is 12.1 Å². The van der Waals surface area contributed by atoms with E-state index in [2.05, 4.69) is 5.10 Å². The van der Waals surface area contributed by atoms with Crippen molar-refractivity contribution in [2.45, 2.75) is 20.3 Å². The van der Waals surface area contributed by atoms with Gasteiger partial charge >= 0.3 is 0 Å². The van der Waals surface area contributed by atoms with E-state index in [0.717, 1.165) is 11.3 Å². The molecule has 1 N–H and O–H groups in total. The summed E-state index contributed by atoms with van der Waals surface area (Å²) in [4.78, 5) is 22.7. The number of hydrogen-bond acceptors (Lipinski definition) is 2. The Balaban J connectivity index is 2.43. The average Bonchev–Trinajstić information content (AvgIpc) is 2.58. The van der Waals surface area contributed by atoms with Gasteiger partial charge in [0.25, 0.3) is 5.56 Å². The van der Waals surface area contributed by atoms with Crippen LogP contribution in [0.4, 0.5) is 0 Å². The van der Waals surface area contributed by atoms with Crippen LogP contribution in [0.1, 0.15) is 18.2 Å². The van der Waals surface area contributed by atoms with E-state index in [4.69, 9.17) is 0 Å². The highest BCUT2D eigenvalue weighted by Gasteiger charge is 2.06. The fourth-order valence-electron chi connectivity index (χ4n) is 1.76. The number of aromatic nitrogens is 2. The summed E-state index contributed by atoms with van der Waals surface area (Å²) in [6.07, 6.45) is 0.258. The van der Waals surface area contributed by atoms with Crippen LogP contribution in [0, 0.1) is 6.92 Å². The van der Waals surface area contributed by atoms with Crippen molar-refractivity contribution in [1.29, 1.82) is 0 Å². The van der Waals surface area contributed by atoms with Gasteiger partial charge < -0.3 is 0 Å². The highest BCUT2D eigenvalue weighted by molar-refractivity contribution is 5.77. The molecule has 17 heavy (non-hydrogen) atoms. The molecule has 0 saturated carbocycles. The van der Waals surface area contributed by atoms with Gasteiger partial charge in [-0.15, -0.1) is 0 Å². The van der Waals surface area contributed by atoms with Gasteiger partial charge in [-0.2, -0.15) is 0 Å². The first-order valence-corrected chi connectivity index (χ1v) is 5.43. The zero-order valence-corrected chi connectivity index (χ0v) is 9.86. The summed E-state index contributed by atoms with van der Waals surface area (Å²) in [6.45, 7) is 3.47. The summed E-state index contributed by atoms with van der Waals surface area (Å²) < 4.78 is 1.45. The standard InChI is InChI=1S/C13H14N2O2/c1-9-4-3-5-12(6-9)15-13(17)8-11(14-15)7-10(2)16/h3-6,8,14H,7H2,1-2H3. The van der Waals surface area contributed by atoms with Crippen molar-refractivity contribution >= 4 is 5.78 Å². The van der Waals surface area contributed by atoms with Crippen molar-refractivity contribution in [3.8, 4) is 5.69 Å². The molecule has 88 valence electrons. The predicted molar refractivity (Wildman–Crippen MR) is 65.5 cm³/mol. The first-order chi connectivity index (χ1) is 8.06. The molecule has 1 aromatic heterocycles. The molecule has 0 unspecified atom stereocenters. The van der Waals surface area contributed by atoms with Gasteiger partial charge in [-0.3, -0.25) is 14.7 Å². The van der Waals surface area contributed by atoms with Crippen molar-refractivity contribution in [2.75, 3.05) is 0 Å². The molecule has 1 heterocycles. The smallest absolute Gasteiger partial charge is 0.271 e. The number of carbonyl (C=O) groups excluding carboxylic acids is 1. The maximum absolute atomic E-state index is 11.8. The monoisotopic (exact) mass is 230 g/mol. The molecular weight excluding hydrogens is 216 g/mol. The maximum atomic E-state index is 11.8. The Hall–Kier alpha value is -2.10. The van der Waals surface area contributed by atoms with Crippen molar-refractivity contribution in [1.82, 2.24) is 9.78 Å². The Morgan fingerprint density at radius 2 is 2.12 bits per heavy atom.